The number of carbonyl (C=O) groups excluding carboxylic acids is 2. The second-order valence-electron chi connectivity index (χ2n) is 6.40. The second-order valence-corrected chi connectivity index (χ2v) is 6.40. The summed E-state index contributed by atoms with van der Waals surface area (Å²) in [5, 5.41) is 9.04. The largest absolute Gasteiger partial charge is 0.383 e. The standard InChI is InChI=1S/C16H32N4O3/c1-13(2)11-19-16(22)20-9-4-5-14(12-20)15(21)18-7-6-17-8-10-23-3/h13-14,17H,4-12H2,1-3H3,(H,18,21)(H,19,22). The van der Waals surface area contributed by atoms with Crippen molar-refractivity contribution in [2.24, 2.45) is 11.8 Å². The first-order valence-corrected chi connectivity index (χ1v) is 8.54. The van der Waals surface area contributed by atoms with Crippen LogP contribution in [-0.2, 0) is 9.53 Å². The van der Waals surface area contributed by atoms with E-state index in [4.69, 9.17) is 4.74 Å². The molecule has 0 spiro atoms. The fraction of sp³-hybridized carbons (Fsp3) is 0.875. The van der Waals surface area contributed by atoms with E-state index < -0.39 is 0 Å². The molecule has 1 saturated heterocycles. The normalized spacial score (nSPS) is 18.1. The molecule has 0 aromatic heterocycles. The lowest BCUT2D eigenvalue weighted by Crippen LogP contribution is -2.49. The van der Waals surface area contributed by atoms with Crippen molar-refractivity contribution >= 4 is 11.9 Å². The molecule has 1 rings (SSSR count). The Morgan fingerprint density at radius 1 is 1.22 bits per heavy atom. The van der Waals surface area contributed by atoms with Gasteiger partial charge in [0.1, 0.15) is 0 Å². The number of piperidine rings is 1. The van der Waals surface area contributed by atoms with E-state index in [9.17, 15) is 9.59 Å². The molecule has 0 aromatic rings. The van der Waals surface area contributed by atoms with Crippen molar-refractivity contribution in [1.29, 1.82) is 0 Å². The number of hydrogen-bond acceptors (Lipinski definition) is 4. The Kier molecular flexibility index (Phi) is 9.63. The molecule has 0 aliphatic carbocycles. The molecular formula is C16H32N4O3. The zero-order chi connectivity index (χ0) is 17.1. The van der Waals surface area contributed by atoms with Crippen LogP contribution in [0.4, 0.5) is 4.79 Å². The van der Waals surface area contributed by atoms with Gasteiger partial charge >= 0.3 is 6.03 Å². The van der Waals surface area contributed by atoms with E-state index in [0.717, 1.165) is 32.5 Å². The fourth-order valence-corrected chi connectivity index (χ4v) is 2.50. The van der Waals surface area contributed by atoms with Crippen LogP contribution in [0, 0.1) is 11.8 Å². The lowest BCUT2D eigenvalue weighted by Gasteiger charge is -2.32. The van der Waals surface area contributed by atoms with Gasteiger partial charge in [-0.05, 0) is 18.8 Å². The van der Waals surface area contributed by atoms with E-state index in [1.165, 1.54) is 0 Å². The molecule has 0 bridgehead atoms. The molecule has 0 radical (unpaired) electrons. The molecule has 1 fully saturated rings. The molecule has 0 aromatic carbocycles. The summed E-state index contributed by atoms with van der Waals surface area (Å²) >= 11 is 0. The number of hydrogen-bond donors (Lipinski definition) is 3. The number of ether oxygens (including phenoxy) is 1. The molecule has 3 amide bonds. The molecule has 134 valence electrons. The van der Waals surface area contributed by atoms with Crippen LogP contribution < -0.4 is 16.0 Å². The van der Waals surface area contributed by atoms with Crippen molar-refractivity contribution in [1.82, 2.24) is 20.9 Å². The highest BCUT2D eigenvalue weighted by Gasteiger charge is 2.28. The van der Waals surface area contributed by atoms with Gasteiger partial charge in [0.05, 0.1) is 12.5 Å². The number of likely N-dealkylation sites (tertiary alicyclic amines) is 1. The van der Waals surface area contributed by atoms with Crippen molar-refractivity contribution in [3.05, 3.63) is 0 Å². The first-order chi connectivity index (χ1) is 11.0. The Balaban J connectivity index is 2.25. The van der Waals surface area contributed by atoms with Gasteiger partial charge in [-0.15, -0.1) is 0 Å². The quantitative estimate of drug-likeness (QED) is 0.536. The van der Waals surface area contributed by atoms with Gasteiger partial charge in [-0.1, -0.05) is 13.8 Å². The zero-order valence-electron chi connectivity index (χ0n) is 14.7. The third-order valence-electron chi connectivity index (χ3n) is 3.82. The van der Waals surface area contributed by atoms with Crippen molar-refractivity contribution in [2.75, 3.05) is 53.0 Å². The molecule has 1 unspecified atom stereocenters. The van der Waals surface area contributed by atoms with Crippen molar-refractivity contribution < 1.29 is 14.3 Å². The highest BCUT2D eigenvalue weighted by molar-refractivity contribution is 5.80. The number of amides is 3. The fourth-order valence-electron chi connectivity index (χ4n) is 2.50. The third kappa shape index (κ3) is 8.18. The molecule has 0 saturated carbocycles. The van der Waals surface area contributed by atoms with Gasteiger partial charge < -0.3 is 25.6 Å². The molecule has 1 atom stereocenters. The minimum Gasteiger partial charge on any atom is -0.383 e. The highest BCUT2D eigenvalue weighted by atomic mass is 16.5. The first kappa shape index (κ1) is 19.7. The molecule has 7 nitrogen and oxygen atoms in total. The lowest BCUT2D eigenvalue weighted by molar-refractivity contribution is -0.126. The molecule has 3 N–H and O–H groups in total. The van der Waals surface area contributed by atoms with E-state index in [1.54, 1.807) is 12.0 Å². The van der Waals surface area contributed by atoms with Crippen LogP contribution in [0.5, 0.6) is 0 Å². The molecule has 1 aliphatic heterocycles. The maximum absolute atomic E-state index is 12.2. The van der Waals surface area contributed by atoms with Crippen molar-refractivity contribution in [3.63, 3.8) is 0 Å². The summed E-state index contributed by atoms with van der Waals surface area (Å²) in [5.74, 6) is 0.362. The van der Waals surface area contributed by atoms with Crippen LogP contribution in [0.15, 0.2) is 0 Å². The average molecular weight is 328 g/mol. The minimum absolute atomic E-state index is 0.0416. The van der Waals surface area contributed by atoms with E-state index in [-0.39, 0.29) is 17.9 Å². The van der Waals surface area contributed by atoms with E-state index in [0.29, 0.717) is 32.2 Å². The van der Waals surface area contributed by atoms with Gasteiger partial charge in [-0.2, -0.15) is 0 Å². The number of urea groups is 1. The lowest BCUT2D eigenvalue weighted by atomic mass is 9.97. The molecular weight excluding hydrogens is 296 g/mol. The summed E-state index contributed by atoms with van der Waals surface area (Å²) in [7, 11) is 1.66. The van der Waals surface area contributed by atoms with Gasteiger partial charge in [0, 0.05) is 46.4 Å². The van der Waals surface area contributed by atoms with Crippen LogP contribution >= 0.6 is 0 Å². The molecule has 1 aliphatic rings. The van der Waals surface area contributed by atoms with Crippen LogP contribution in [0.2, 0.25) is 0 Å². The maximum Gasteiger partial charge on any atom is 0.317 e. The summed E-state index contributed by atoms with van der Waals surface area (Å²) in [6.45, 7) is 8.79. The third-order valence-corrected chi connectivity index (χ3v) is 3.82. The first-order valence-electron chi connectivity index (χ1n) is 8.54. The molecule has 23 heavy (non-hydrogen) atoms. The van der Waals surface area contributed by atoms with Crippen molar-refractivity contribution in [3.8, 4) is 0 Å². The van der Waals surface area contributed by atoms with Gasteiger partial charge in [-0.3, -0.25) is 4.79 Å². The predicted molar refractivity (Wildman–Crippen MR) is 90.3 cm³/mol. The van der Waals surface area contributed by atoms with Gasteiger partial charge in [0.2, 0.25) is 5.91 Å². The Bertz CT molecular complexity index is 363. The zero-order valence-corrected chi connectivity index (χ0v) is 14.7. The Morgan fingerprint density at radius 3 is 2.70 bits per heavy atom. The van der Waals surface area contributed by atoms with Gasteiger partial charge in [0.15, 0.2) is 0 Å². The maximum atomic E-state index is 12.2. The monoisotopic (exact) mass is 328 g/mol. The van der Waals surface area contributed by atoms with Crippen molar-refractivity contribution in [2.45, 2.75) is 26.7 Å². The summed E-state index contributed by atoms with van der Waals surface area (Å²) in [6, 6.07) is -0.0579. The average Bonchev–Trinajstić information content (AvgIpc) is 2.55. The van der Waals surface area contributed by atoms with Gasteiger partial charge in [0.25, 0.3) is 0 Å². The minimum atomic E-state index is -0.104. The smallest absolute Gasteiger partial charge is 0.317 e. The predicted octanol–water partition coefficient (Wildman–Crippen LogP) is 0.416. The number of nitrogens with zero attached hydrogens (tertiary/aromatic N) is 1. The summed E-state index contributed by atoms with van der Waals surface area (Å²) in [6.07, 6.45) is 1.72. The Hall–Kier alpha value is -1.34. The van der Waals surface area contributed by atoms with Crippen LogP contribution in [0.25, 0.3) is 0 Å². The topological polar surface area (TPSA) is 82.7 Å². The van der Waals surface area contributed by atoms with E-state index in [1.807, 2.05) is 0 Å². The Labute approximate surface area is 139 Å². The molecule has 1 heterocycles. The number of nitrogens with one attached hydrogen (secondary N) is 3. The molecule has 7 heteroatoms. The van der Waals surface area contributed by atoms with Gasteiger partial charge in [-0.25, -0.2) is 4.79 Å². The van der Waals surface area contributed by atoms with Crippen LogP contribution in [0.3, 0.4) is 0 Å². The summed E-state index contributed by atoms with van der Waals surface area (Å²) in [5.41, 5.74) is 0. The summed E-state index contributed by atoms with van der Waals surface area (Å²) < 4.78 is 4.94. The van der Waals surface area contributed by atoms with E-state index in [2.05, 4.69) is 29.8 Å². The van der Waals surface area contributed by atoms with E-state index >= 15 is 0 Å². The van der Waals surface area contributed by atoms with Crippen LogP contribution in [0.1, 0.15) is 26.7 Å². The highest BCUT2D eigenvalue weighted by Crippen LogP contribution is 2.16. The number of rotatable bonds is 9. The summed E-state index contributed by atoms with van der Waals surface area (Å²) in [4.78, 5) is 26.0. The number of methoxy groups -OCH3 is 1. The SMILES string of the molecule is COCCNCCNC(=O)C1CCCN(C(=O)NCC(C)C)C1. The second kappa shape index (κ2) is 11.2. The Morgan fingerprint density at radius 2 is 2.00 bits per heavy atom. The number of carbonyl (C=O) groups is 2. The van der Waals surface area contributed by atoms with Crippen LogP contribution in [-0.4, -0.2) is 69.8 Å².